The quantitative estimate of drug-likeness (QED) is 0.786. The van der Waals surface area contributed by atoms with Gasteiger partial charge in [-0.1, -0.05) is 30.3 Å². The molecule has 0 aliphatic heterocycles. The Bertz CT molecular complexity index is 641. The van der Waals surface area contributed by atoms with E-state index < -0.39 is 0 Å². The number of hydrogen-bond donors (Lipinski definition) is 0. The fourth-order valence-electron chi connectivity index (χ4n) is 1.79. The van der Waals surface area contributed by atoms with Gasteiger partial charge in [-0.05, 0) is 34.9 Å². The maximum atomic E-state index is 10.8. The van der Waals surface area contributed by atoms with Gasteiger partial charge in [-0.25, -0.2) is 0 Å². The van der Waals surface area contributed by atoms with Gasteiger partial charge in [0.2, 0.25) is 0 Å². The summed E-state index contributed by atoms with van der Waals surface area (Å²) in [4.78, 5) is 10.8. The van der Waals surface area contributed by atoms with Crippen LogP contribution in [0.25, 0.3) is 11.1 Å². The molecule has 3 nitrogen and oxygen atoms in total. The van der Waals surface area contributed by atoms with Gasteiger partial charge in [-0.3, -0.25) is 4.79 Å². The molecule has 19 heavy (non-hydrogen) atoms. The van der Waals surface area contributed by atoms with E-state index in [1.165, 1.54) is 6.92 Å². The van der Waals surface area contributed by atoms with Crippen LogP contribution in [0.15, 0.2) is 48.5 Å². The van der Waals surface area contributed by atoms with E-state index in [-0.39, 0.29) is 12.6 Å². The average molecular weight is 251 g/mol. The van der Waals surface area contributed by atoms with Gasteiger partial charge in [0.1, 0.15) is 6.61 Å². The Hall–Kier alpha value is -2.60. The molecule has 0 saturated carbocycles. The molecule has 0 N–H and O–H groups in total. The van der Waals surface area contributed by atoms with Crippen LogP contribution in [0.4, 0.5) is 0 Å². The number of ether oxygens (including phenoxy) is 1. The SMILES string of the molecule is CC(=O)OCc1cccc(-c2cccc(C#N)c2)c1. The Morgan fingerprint density at radius 1 is 1.16 bits per heavy atom. The van der Waals surface area contributed by atoms with Gasteiger partial charge in [-0.15, -0.1) is 0 Å². The van der Waals surface area contributed by atoms with Crippen LogP contribution in [0.2, 0.25) is 0 Å². The van der Waals surface area contributed by atoms with Crippen LogP contribution < -0.4 is 0 Å². The smallest absolute Gasteiger partial charge is 0.302 e. The summed E-state index contributed by atoms with van der Waals surface area (Å²) < 4.78 is 4.97. The number of hydrogen-bond acceptors (Lipinski definition) is 3. The molecule has 0 bridgehead atoms. The zero-order valence-electron chi connectivity index (χ0n) is 10.6. The number of carbonyl (C=O) groups is 1. The largest absolute Gasteiger partial charge is 0.461 e. The lowest BCUT2D eigenvalue weighted by atomic mass is 10.0. The average Bonchev–Trinajstić information content (AvgIpc) is 2.45. The standard InChI is InChI=1S/C16H13NO2/c1-12(18)19-11-14-5-3-7-16(9-14)15-6-2-4-13(8-15)10-17/h2-9H,11H2,1H3. The topological polar surface area (TPSA) is 50.1 Å². The molecule has 2 rings (SSSR count). The molecule has 0 spiro atoms. The molecule has 0 fully saturated rings. The minimum atomic E-state index is -0.295. The third kappa shape index (κ3) is 3.43. The summed E-state index contributed by atoms with van der Waals surface area (Å²) in [6.07, 6.45) is 0. The fourth-order valence-corrected chi connectivity index (χ4v) is 1.79. The molecular formula is C16H13NO2. The molecule has 0 atom stereocenters. The van der Waals surface area contributed by atoms with E-state index in [4.69, 9.17) is 10.00 Å². The third-order valence-corrected chi connectivity index (χ3v) is 2.69. The number of carbonyl (C=O) groups excluding carboxylic acids is 1. The maximum Gasteiger partial charge on any atom is 0.302 e. The van der Waals surface area contributed by atoms with E-state index >= 15 is 0 Å². The molecule has 0 aliphatic carbocycles. The number of benzene rings is 2. The number of nitriles is 1. The second-order valence-electron chi connectivity index (χ2n) is 4.17. The van der Waals surface area contributed by atoms with Crippen molar-refractivity contribution in [1.29, 1.82) is 5.26 Å². The summed E-state index contributed by atoms with van der Waals surface area (Å²) in [6, 6.07) is 17.3. The Balaban J connectivity index is 2.27. The highest BCUT2D eigenvalue weighted by Crippen LogP contribution is 2.21. The lowest BCUT2D eigenvalue weighted by Crippen LogP contribution is -1.98. The van der Waals surface area contributed by atoms with Crippen LogP contribution in [0, 0.1) is 11.3 Å². The summed E-state index contributed by atoms with van der Waals surface area (Å²) in [6.45, 7) is 1.65. The monoisotopic (exact) mass is 251 g/mol. The van der Waals surface area contributed by atoms with Crippen LogP contribution in [-0.2, 0) is 16.1 Å². The predicted molar refractivity (Wildman–Crippen MR) is 72.1 cm³/mol. The van der Waals surface area contributed by atoms with E-state index in [1.807, 2.05) is 42.5 Å². The first-order valence-electron chi connectivity index (χ1n) is 5.92. The minimum absolute atomic E-state index is 0.265. The molecule has 0 amide bonds. The van der Waals surface area contributed by atoms with Crippen molar-refractivity contribution in [3.8, 4) is 17.2 Å². The van der Waals surface area contributed by atoms with E-state index in [0.29, 0.717) is 5.56 Å². The molecule has 0 aromatic heterocycles. The van der Waals surface area contributed by atoms with Crippen LogP contribution in [-0.4, -0.2) is 5.97 Å². The summed E-state index contributed by atoms with van der Waals surface area (Å²) in [5, 5.41) is 8.90. The molecule has 0 unspecified atom stereocenters. The summed E-state index contributed by atoms with van der Waals surface area (Å²) in [7, 11) is 0. The zero-order chi connectivity index (χ0) is 13.7. The van der Waals surface area contributed by atoms with Crippen molar-refractivity contribution in [2.24, 2.45) is 0 Å². The molecule has 0 saturated heterocycles. The number of esters is 1. The normalized spacial score (nSPS) is 9.68. The van der Waals surface area contributed by atoms with Gasteiger partial charge in [0.15, 0.2) is 0 Å². The van der Waals surface area contributed by atoms with Gasteiger partial charge in [0.05, 0.1) is 11.6 Å². The van der Waals surface area contributed by atoms with E-state index in [9.17, 15) is 4.79 Å². The minimum Gasteiger partial charge on any atom is -0.461 e. The summed E-state index contributed by atoms with van der Waals surface area (Å²) in [5.74, 6) is -0.295. The highest BCUT2D eigenvalue weighted by molar-refractivity contribution is 5.67. The predicted octanol–water partition coefficient (Wildman–Crippen LogP) is 3.29. The molecule has 3 heteroatoms. The maximum absolute atomic E-state index is 10.8. The fraction of sp³-hybridized carbons (Fsp3) is 0.125. The summed E-state index contributed by atoms with van der Waals surface area (Å²) in [5.41, 5.74) is 3.53. The number of rotatable bonds is 3. The number of nitrogens with zero attached hydrogens (tertiary/aromatic N) is 1. The first-order valence-corrected chi connectivity index (χ1v) is 5.92. The van der Waals surface area contributed by atoms with Gasteiger partial charge >= 0.3 is 5.97 Å². The second-order valence-corrected chi connectivity index (χ2v) is 4.17. The van der Waals surface area contributed by atoms with E-state index in [0.717, 1.165) is 16.7 Å². The van der Waals surface area contributed by atoms with Gasteiger partial charge in [0, 0.05) is 6.92 Å². The van der Waals surface area contributed by atoms with Gasteiger partial charge in [-0.2, -0.15) is 5.26 Å². The Morgan fingerprint density at radius 3 is 2.53 bits per heavy atom. The summed E-state index contributed by atoms with van der Waals surface area (Å²) >= 11 is 0. The first kappa shape index (κ1) is 12.8. The molecule has 0 heterocycles. The molecule has 0 aliphatic rings. The third-order valence-electron chi connectivity index (χ3n) is 2.69. The lowest BCUT2D eigenvalue weighted by Gasteiger charge is -2.06. The van der Waals surface area contributed by atoms with Gasteiger partial charge < -0.3 is 4.74 Å². The van der Waals surface area contributed by atoms with Crippen molar-refractivity contribution < 1.29 is 9.53 Å². The zero-order valence-corrected chi connectivity index (χ0v) is 10.6. The van der Waals surface area contributed by atoms with Crippen molar-refractivity contribution in [3.05, 3.63) is 59.7 Å². The van der Waals surface area contributed by atoms with Crippen molar-refractivity contribution >= 4 is 5.97 Å². The van der Waals surface area contributed by atoms with E-state index in [1.54, 1.807) is 6.07 Å². The highest BCUT2D eigenvalue weighted by Gasteiger charge is 2.02. The van der Waals surface area contributed by atoms with Crippen LogP contribution in [0.1, 0.15) is 18.1 Å². The molecule has 2 aromatic carbocycles. The van der Waals surface area contributed by atoms with Crippen molar-refractivity contribution in [2.45, 2.75) is 13.5 Å². The molecule has 94 valence electrons. The van der Waals surface area contributed by atoms with Crippen molar-refractivity contribution in [3.63, 3.8) is 0 Å². The highest BCUT2D eigenvalue weighted by atomic mass is 16.5. The Kier molecular flexibility index (Phi) is 3.94. The van der Waals surface area contributed by atoms with Crippen LogP contribution in [0.5, 0.6) is 0 Å². The van der Waals surface area contributed by atoms with Crippen LogP contribution in [0.3, 0.4) is 0 Å². The lowest BCUT2D eigenvalue weighted by molar-refractivity contribution is -0.142. The molecular weight excluding hydrogens is 238 g/mol. The molecule has 2 aromatic rings. The first-order chi connectivity index (χ1) is 9.19. The van der Waals surface area contributed by atoms with Gasteiger partial charge in [0.25, 0.3) is 0 Å². The Morgan fingerprint density at radius 2 is 1.84 bits per heavy atom. The van der Waals surface area contributed by atoms with Crippen molar-refractivity contribution in [2.75, 3.05) is 0 Å². The molecule has 0 radical (unpaired) electrons. The second kappa shape index (κ2) is 5.83. The van der Waals surface area contributed by atoms with Crippen molar-refractivity contribution in [1.82, 2.24) is 0 Å². The Labute approximate surface area is 112 Å². The van der Waals surface area contributed by atoms with E-state index in [2.05, 4.69) is 6.07 Å². The van der Waals surface area contributed by atoms with Crippen LogP contribution >= 0.6 is 0 Å².